The molecule has 0 saturated heterocycles. The van der Waals surface area contributed by atoms with E-state index in [9.17, 15) is 9.59 Å². The molecular weight excluding hydrogens is 198 g/mol. The van der Waals surface area contributed by atoms with Crippen molar-refractivity contribution in [1.29, 1.82) is 0 Å². The third-order valence-corrected chi connectivity index (χ3v) is 2.92. The first-order chi connectivity index (χ1) is 7.10. The molecule has 86 valence electrons. The van der Waals surface area contributed by atoms with Crippen LogP contribution < -0.4 is 5.32 Å². The molecule has 1 saturated carbocycles. The zero-order chi connectivity index (χ0) is 11.3. The number of nitrogens with one attached hydrogen (secondary N) is 1. The summed E-state index contributed by atoms with van der Waals surface area (Å²) in [4.78, 5) is 22.1. The third-order valence-electron chi connectivity index (χ3n) is 2.92. The highest BCUT2D eigenvalue weighted by Gasteiger charge is 2.39. The van der Waals surface area contributed by atoms with E-state index in [4.69, 9.17) is 5.11 Å². The SMILES string of the molecule is COC(=O)CNC1(C(=O)O)CCCCC1. The van der Waals surface area contributed by atoms with Crippen molar-refractivity contribution in [2.45, 2.75) is 37.6 Å². The van der Waals surface area contributed by atoms with Crippen LogP contribution in [0.2, 0.25) is 0 Å². The third kappa shape index (κ3) is 2.92. The molecule has 1 rings (SSSR count). The minimum Gasteiger partial charge on any atom is -0.480 e. The number of esters is 1. The molecule has 0 bridgehead atoms. The number of rotatable bonds is 4. The van der Waals surface area contributed by atoms with Gasteiger partial charge < -0.3 is 9.84 Å². The minimum absolute atomic E-state index is 0.0389. The van der Waals surface area contributed by atoms with Crippen molar-refractivity contribution in [3.63, 3.8) is 0 Å². The lowest BCUT2D eigenvalue weighted by Crippen LogP contribution is -2.54. The number of hydrogen-bond donors (Lipinski definition) is 2. The Kier molecular flexibility index (Phi) is 4.08. The number of carbonyl (C=O) groups excluding carboxylic acids is 1. The maximum Gasteiger partial charge on any atom is 0.323 e. The number of hydrogen-bond acceptors (Lipinski definition) is 4. The molecule has 0 spiro atoms. The maximum atomic E-state index is 11.2. The van der Waals surface area contributed by atoms with E-state index in [1.165, 1.54) is 7.11 Å². The molecule has 5 heteroatoms. The smallest absolute Gasteiger partial charge is 0.323 e. The molecule has 0 amide bonds. The summed E-state index contributed by atoms with van der Waals surface area (Å²) in [5.74, 6) is -1.30. The van der Waals surface area contributed by atoms with E-state index in [1.54, 1.807) is 0 Å². The second-order valence-corrected chi connectivity index (χ2v) is 3.88. The summed E-state index contributed by atoms with van der Waals surface area (Å²) in [6.45, 7) is -0.0389. The van der Waals surface area contributed by atoms with Gasteiger partial charge in [0.1, 0.15) is 5.54 Å². The van der Waals surface area contributed by atoms with Gasteiger partial charge in [-0.3, -0.25) is 14.9 Å². The van der Waals surface area contributed by atoms with Gasteiger partial charge in [-0.05, 0) is 12.8 Å². The first kappa shape index (κ1) is 12.0. The second-order valence-electron chi connectivity index (χ2n) is 3.88. The van der Waals surface area contributed by atoms with Gasteiger partial charge in [0, 0.05) is 0 Å². The van der Waals surface area contributed by atoms with Gasteiger partial charge in [0.2, 0.25) is 0 Å². The van der Waals surface area contributed by atoms with E-state index in [1.807, 2.05) is 0 Å². The zero-order valence-corrected chi connectivity index (χ0v) is 8.91. The summed E-state index contributed by atoms with van der Waals surface area (Å²) < 4.78 is 4.47. The standard InChI is InChI=1S/C10H17NO4/c1-15-8(12)7-11-10(9(13)14)5-3-2-4-6-10/h11H,2-7H2,1H3,(H,13,14). The number of aliphatic carboxylic acids is 1. The average molecular weight is 215 g/mol. The predicted molar refractivity (Wildman–Crippen MR) is 53.5 cm³/mol. The fourth-order valence-corrected chi connectivity index (χ4v) is 1.94. The Morgan fingerprint density at radius 3 is 2.40 bits per heavy atom. The number of methoxy groups -OCH3 is 1. The van der Waals surface area contributed by atoms with Crippen molar-refractivity contribution in [1.82, 2.24) is 5.32 Å². The number of ether oxygens (including phenoxy) is 1. The predicted octanol–water partition coefficient (Wildman–Crippen LogP) is 0.536. The van der Waals surface area contributed by atoms with Crippen molar-refractivity contribution in [3.05, 3.63) is 0 Å². The van der Waals surface area contributed by atoms with Gasteiger partial charge >= 0.3 is 11.9 Å². The quantitative estimate of drug-likeness (QED) is 0.669. The summed E-state index contributed by atoms with van der Waals surface area (Å²) in [5, 5.41) is 12.0. The van der Waals surface area contributed by atoms with Crippen LogP contribution in [0.25, 0.3) is 0 Å². The second kappa shape index (κ2) is 5.11. The van der Waals surface area contributed by atoms with E-state index in [0.29, 0.717) is 12.8 Å². The highest BCUT2D eigenvalue weighted by molar-refractivity contribution is 5.80. The first-order valence-electron chi connectivity index (χ1n) is 5.16. The van der Waals surface area contributed by atoms with Crippen molar-refractivity contribution in [2.75, 3.05) is 13.7 Å². The lowest BCUT2D eigenvalue weighted by atomic mass is 9.81. The Bertz CT molecular complexity index is 246. The van der Waals surface area contributed by atoms with Crippen LogP contribution in [-0.4, -0.2) is 36.2 Å². The van der Waals surface area contributed by atoms with Gasteiger partial charge in [-0.25, -0.2) is 0 Å². The largest absolute Gasteiger partial charge is 0.480 e. The monoisotopic (exact) mass is 215 g/mol. The summed E-state index contributed by atoms with van der Waals surface area (Å²) >= 11 is 0. The van der Waals surface area contributed by atoms with E-state index in [-0.39, 0.29) is 6.54 Å². The molecule has 5 nitrogen and oxygen atoms in total. The lowest BCUT2D eigenvalue weighted by molar-refractivity contribution is -0.147. The van der Waals surface area contributed by atoms with E-state index < -0.39 is 17.5 Å². The molecule has 1 fully saturated rings. The Balaban J connectivity index is 2.57. The molecule has 1 aliphatic carbocycles. The van der Waals surface area contributed by atoms with Crippen LogP contribution in [0.5, 0.6) is 0 Å². The molecule has 0 radical (unpaired) electrons. The van der Waals surface area contributed by atoms with Gasteiger partial charge in [0.05, 0.1) is 13.7 Å². The molecule has 1 aliphatic rings. The van der Waals surface area contributed by atoms with Gasteiger partial charge in [-0.15, -0.1) is 0 Å². The van der Waals surface area contributed by atoms with Crippen LogP contribution in [0.15, 0.2) is 0 Å². The normalized spacial score (nSPS) is 19.5. The number of carbonyl (C=O) groups is 2. The molecule has 0 aliphatic heterocycles. The van der Waals surface area contributed by atoms with Crippen molar-refractivity contribution in [3.8, 4) is 0 Å². The molecule has 0 aromatic carbocycles. The molecule has 0 unspecified atom stereocenters. The number of carboxylic acid groups (broad SMARTS) is 1. The Morgan fingerprint density at radius 2 is 1.93 bits per heavy atom. The van der Waals surface area contributed by atoms with Gasteiger partial charge in [0.25, 0.3) is 0 Å². The molecule has 0 aromatic rings. The van der Waals surface area contributed by atoms with Gasteiger partial charge in [0.15, 0.2) is 0 Å². The fraction of sp³-hybridized carbons (Fsp3) is 0.800. The fourth-order valence-electron chi connectivity index (χ4n) is 1.94. The van der Waals surface area contributed by atoms with Crippen LogP contribution in [0.1, 0.15) is 32.1 Å². The molecule has 15 heavy (non-hydrogen) atoms. The lowest BCUT2D eigenvalue weighted by Gasteiger charge is -2.33. The average Bonchev–Trinajstić information content (AvgIpc) is 2.27. The van der Waals surface area contributed by atoms with E-state index >= 15 is 0 Å². The van der Waals surface area contributed by atoms with Gasteiger partial charge in [-0.1, -0.05) is 19.3 Å². The summed E-state index contributed by atoms with van der Waals surface area (Å²) in [6, 6.07) is 0. The van der Waals surface area contributed by atoms with Crippen molar-refractivity contribution < 1.29 is 19.4 Å². The molecule has 0 atom stereocenters. The van der Waals surface area contributed by atoms with Crippen molar-refractivity contribution in [2.24, 2.45) is 0 Å². The van der Waals surface area contributed by atoms with Crippen LogP contribution in [0.4, 0.5) is 0 Å². The zero-order valence-electron chi connectivity index (χ0n) is 8.91. The van der Waals surface area contributed by atoms with Crippen LogP contribution in [0, 0.1) is 0 Å². The topological polar surface area (TPSA) is 75.6 Å². The Labute approximate surface area is 88.8 Å². The molecule has 0 aromatic heterocycles. The summed E-state index contributed by atoms with van der Waals surface area (Å²) in [6.07, 6.45) is 4.01. The Hall–Kier alpha value is -1.10. The summed E-state index contributed by atoms with van der Waals surface area (Å²) in [7, 11) is 1.29. The highest BCUT2D eigenvalue weighted by atomic mass is 16.5. The molecule has 0 heterocycles. The van der Waals surface area contributed by atoms with E-state index in [2.05, 4.69) is 10.1 Å². The molecular formula is C10H17NO4. The highest BCUT2D eigenvalue weighted by Crippen LogP contribution is 2.28. The maximum absolute atomic E-state index is 11.2. The number of carboxylic acids is 1. The first-order valence-corrected chi connectivity index (χ1v) is 5.16. The van der Waals surface area contributed by atoms with Gasteiger partial charge in [-0.2, -0.15) is 0 Å². The van der Waals surface area contributed by atoms with Crippen LogP contribution >= 0.6 is 0 Å². The van der Waals surface area contributed by atoms with Crippen LogP contribution in [0.3, 0.4) is 0 Å². The summed E-state index contributed by atoms with van der Waals surface area (Å²) in [5.41, 5.74) is -0.924. The van der Waals surface area contributed by atoms with E-state index in [0.717, 1.165) is 19.3 Å². The van der Waals surface area contributed by atoms with Crippen molar-refractivity contribution >= 4 is 11.9 Å². The Morgan fingerprint density at radius 1 is 1.33 bits per heavy atom. The minimum atomic E-state index is -0.924. The van der Waals surface area contributed by atoms with Crippen LogP contribution in [-0.2, 0) is 14.3 Å². The molecule has 2 N–H and O–H groups in total.